The lowest BCUT2D eigenvalue weighted by Gasteiger charge is -2.19. The van der Waals surface area contributed by atoms with Crippen LogP contribution in [0, 0.1) is 6.92 Å². The largest absolute Gasteiger partial charge is 0.486 e. The highest BCUT2D eigenvalue weighted by Gasteiger charge is 2.19. The molecule has 0 atom stereocenters. The number of sulfonamides is 1. The number of nitrogens with one attached hydrogen (secondary N) is 1. The van der Waals surface area contributed by atoms with Crippen LogP contribution in [0.25, 0.3) is 16.6 Å². The van der Waals surface area contributed by atoms with Crippen molar-refractivity contribution in [1.29, 1.82) is 0 Å². The van der Waals surface area contributed by atoms with Crippen LogP contribution in [0.1, 0.15) is 5.56 Å². The third-order valence-corrected chi connectivity index (χ3v) is 8.30. The number of ether oxygens (including phenoxy) is 2. The van der Waals surface area contributed by atoms with Gasteiger partial charge < -0.3 is 14.8 Å². The van der Waals surface area contributed by atoms with Crippen molar-refractivity contribution in [2.45, 2.75) is 17.0 Å². The van der Waals surface area contributed by atoms with Crippen LogP contribution in [0.3, 0.4) is 0 Å². The predicted molar refractivity (Wildman–Crippen MR) is 133 cm³/mol. The molecule has 1 aliphatic heterocycles. The minimum atomic E-state index is -3.53. The highest BCUT2D eigenvalue weighted by Crippen LogP contribution is 2.36. The fourth-order valence-corrected chi connectivity index (χ4v) is 5.43. The molecule has 2 aromatic carbocycles. The van der Waals surface area contributed by atoms with E-state index in [0.29, 0.717) is 41.2 Å². The van der Waals surface area contributed by atoms with Crippen LogP contribution in [0.15, 0.2) is 52.5 Å². The van der Waals surface area contributed by atoms with Crippen LogP contribution in [0.4, 0.5) is 5.69 Å². The first kappa shape index (κ1) is 23.4. The first-order valence-electron chi connectivity index (χ1n) is 10.8. The Morgan fingerprint density at radius 3 is 2.46 bits per heavy atom. The van der Waals surface area contributed by atoms with Crippen LogP contribution >= 0.6 is 11.8 Å². The van der Waals surface area contributed by atoms with E-state index in [4.69, 9.17) is 9.47 Å². The normalized spacial score (nSPS) is 13.5. The summed E-state index contributed by atoms with van der Waals surface area (Å²) in [4.78, 5) is 12.8. The van der Waals surface area contributed by atoms with Gasteiger partial charge in [-0.3, -0.25) is 9.20 Å². The maximum atomic E-state index is 12.6. The van der Waals surface area contributed by atoms with Gasteiger partial charge in [0, 0.05) is 31.2 Å². The zero-order valence-electron chi connectivity index (χ0n) is 19.3. The molecule has 1 aliphatic rings. The van der Waals surface area contributed by atoms with E-state index in [1.165, 1.54) is 38.0 Å². The van der Waals surface area contributed by atoms with E-state index in [1.54, 1.807) is 12.1 Å². The van der Waals surface area contributed by atoms with Gasteiger partial charge in [0.15, 0.2) is 22.3 Å². The van der Waals surface area contributed by atoms with Crippen LogP contribution < -0.4 is 14.8 Å². The predicted octanol–water partition coefficient (Wildman–Crippen LogP) is 2.94. The number of carbonyl (C=O) groups is 1. The van der Waals surface area contributed by atoms with Gasteiger partial charge in [0.25, 0.3) is 0 Å². The van der Waals surface area contributed by atoms with Gasteiger partial charge in [-0.05, 0) is 48.9 Å². The summed E-state index contributed by atoms with van der Waals surface area (Å²) in [6.45, 7) is 2.96. The molecule has 35 heavy (non-hydrogen) atoms. The van der Waals surface area contributed by atoms with Crippen LogP contribution in [0.5, 0.6) is 11.5 Å². The van der Waals surface area contributed by atoms with E-state index >= 15 is 0 Å². The standard InChI is InChI=1S/C23H23N5O5S2/c1-14-10-15-11-19-20(33-9-8-32-19)12-18(15)28-22(14)25-26-23(28)34-13-21(29)24-16-4-6-17(7-5-16)35(30,31)27(2)3/h4-7,10-12H,8-9,13H2,1-3H3,(H,24,29). The van der Waals surface area contributed by atoms with Crippen molar-refractivity contribution in [1.82, 2.24) is 18.9 Å². The third kappa shape index (κ3) is 4.40. The Kier molecular flexibility index (Phi) is 6.03. The van der Waals surface area contributed by atoms with E-state index in [0.717, 1.165) is 20.8 Å². The molecule has 0 fully saturated rings. The molecule has 0 aliphatic carbocycles. The average Bonchev–Trinajstić information content (AvgIpc) is 3.27. The van der Waals surface area contributed by atoms with Gasteiger partial charge >= 0.3 is 0 Å². The monoisotopic (exact) mass is 513 g/mol. The molecule has 12 heteroatoms. The van der Waals surface area contributed by atoms with E-state index < -0.39 is 10.0 Å². The number of benzene rings is 2. The molecule has 1 amide bonds. The fraction of sp³-hybridized carbons (Fsp3) is 0.261. The quantitative estimate of drug-likeness (QED) is 0.392. The topological polar surface area (TPSA) is 115 Å². The Balaban J connectivity index is 1.36. The minimum Gasteiger partial charge on any atom is -0.486 e. The number of carbonyl (C=O) groups excluding carboxylic acids is 1. The summed E-state index contributed by atoms with van der Waals surface area (Å²) in [5, 5.41) is 12.9. The molecular formula is C23H23N5O5S2. The summed E-state index contributed by atoms with van der Waals surface area (Å²) in [6.07, 6.45) is 0. The molecule has 5 rings (SSSR count). The van der Waals surface area contributed by atoms with Gasteiger partial charge in [0.2, 0.25) is 15.9 Å². The number of rotatable bonds is 6. The highest BCUT2D eigenvalue weighted by atomic mass is 32.2. The number of hydrogen-bond acceptors (Lipinski definition) is 8. The van der Waals surface area contributed by atoms with Gasteiger partial charge in [-0.25, -0.2) is 12.7 Å². The average molecular weight is 514 g/mol. The van der Waals surface area contributed by atoms with Crippen molar-refractivity contribution < 1.29 is 22.7 Å². The SMILES string of the molecule is Cc1cc2cc3c(cc2n2c(SCC(=O)Nc4ccc(S(=O)(=O)N(C)C)cc4)nnc12)OCCO3. The van der Waals surface area contributed by atoms with Crippen LogP contribution in [0.2, 0.25) is 0 Å². The van der Waals surface area contributed by atoms with Crippen molar-refractivity contribution in [3.8, 4) is 11.5 Å². The number of pyridine rings is 1. The number of aromatic nitrogens is 3. The molecule has 0 spiro atoms. The zero-order valence-corrected chi connectivity index (χ0v) is 20.9. The maximum Gasteiger partial charge on any atom is 0.242 e. The summed E-state index contributed by atoms with van der Waals surface area (Å²) >= 11 is 1.26. The Morgan fingerprint density at radius 2 is 1.77 bits per heavy atom. The molecule has 4 aromatic rings. The summed E-state index contributed by atoms with van der Waals surface area (Å²) in [6, 6.07) is 11.9. The number of nitrogens with zero attached hydrogens (tertiary/aromatic N) is 4. The maximum absolute atomic E-state index is 12.6. The molecular weight excluding hydrogens is 490 g/mol. The first-order valence-corrected chi connectivity index (χ1v) is 13.2. The second-order valence-electron chi connectivity index (χ2n) is 8.17. The summed E-state index contributed by atoms with van der Waals surface area (Å²) < 4.78 is 38.9. The molecule has 0 saturated carbocycles. The third-order valence-electron chi connectivity index (χ3n) is 5.54. The van der Waals surface area contributed by atoms with Crippen molar-refractivity contribution in [2.24, 2.45) is 0 Å². The van der Waals surface area contributed by atoms with Gasteiger partial charge in [0.1, 0.15) is 13.2 Å². The molecule has 0 bridgehead atoms. The number of hydrogen-bond donors (Lipinski definition) is 1. The van der Waals surface area contributed by atoms with E-state index in [1.807, 2.05) is 29.5 Å². The number of thioether (sulfide) groups is 1. The minimum absolute atomic E-state index is 0.0958. The Hall–Kier alpha value is -3.35. The van der Waals surface area contributed by atoms with Crippen molar-refractivity contribution in [2.75, 3.05) is 38.4 Å². The first-order chi connectivity index (χ1) is 16.7. The van der Waals surface area contributed by atoms with Crippen LogP contribution in [-0.4, -0.2) is 66.3 Å². The fourth-order valence-electron chi connectivity index (χ4n) is 3.79. The molecule has 0 unspecified atom stereocenters. The van der Waals surface area contributed by atoms with E-state index in [9.17, 15) is 13.2 Å². The molecule has 182 valence electrons. The molecule has 2 aromatic heterocycles. The highest BCUT2D eigenvalue weighted by molar-refractivity contribution is 7.99. The van der Waals surface area contributed by atoms with E-state index in [2.05, 4.69) is 15.5 Å². The Morgan fingerprint density at radius 1 is 1.09 bits per heavy atom. The molecule has 0 saturated heterocycles. The zero-order chi connectivity index (χ0) is 24.7. The lowest BCUT2D eigenvalue weighted by Crippen LogP contribution is -2.22. The summed E-state index contributed by atoms with van der Waals surface area (Å²) in [7, 11) is -0.591. The lowest BCUT2D eigenvalue weighted by molar-refractivity contribution is -0.113. The van der Waals surface area contributed by atoms with Gasteiger partial charge in [-0.2, -0.15) is 0 Å². The van der Waals surface area contributed by atoms with Crippen molar-refractivity contribution >= 4 is 49.9 Å². The van der Waals surface area contributed by atoms with Gasteiger partial charge in [-0.15, -0.1) is 10.2 Å². The molecule has 1 N–H and O–H groups in total. The number of fused-ring (bicyclic) bond motifs is 4. The summed E-state index contributed by atoms with van der Waals surface area (Å²) in [5.41, 5.74) is 3.02. The smallest absolute Gasteiger partial charge is 0.242 e. The lowest BCUT2D eigenvalue weighted by atomic mass is 10.1. The number of anilines is 1. The molecule has 3 heterocycles. The number of aryl methyl sites for hydroxylation is 1. The second kappa shape index (κ2) is 9.02. The van der Waals surface area contributed by atoms with Crippen molar-refractivity contribution in [3.05, 3.63) is 48.0 Å². The van der Waals surface area contributed by atoms with E-state index in [-0.39, 0.29) is 16.6 Å². The van der Waals surface area contributed by atoms with Gasteiger partial charge in [0.05, 0.1) is 16.2 Å². The Labute approximate surface area is 206 Å². The summed E-state index contributed by atoms with van der Waals surface area (Å²) in [5.74, 6) is 1.21. The molecule has 0 radical (unpaired) electrons. The number of amides is 1. The van der Waals surface area contributed by atoms with Crippen LogP contribution in [-0.2, 0) is 14.8 Å². The Bertz CT molecular complexity index is 1550. The second-order valence-corrected chi connectivity index (χ2v) is 11.3. The van der Waals surface area contributed by atoms with Gasteiger partial charge in [-0.1, -0.05) is 11.8 Å². The molecule has 10 nitrogen and oxygen atoms in total. The van der Waals surface area contributed by atoms with Crippen molar-refractivity contribution in [3.63, 3.8) is 0 Å².